The SMILES string of the molecule is COc1ccc(C)c2sc(N(CCN(C)C)C(=O)c3cccc(SC)c3)nc12.Cl. The summed E-state index contributed by atoms with van der Waals surface area (Å²) in [6, 6.07) is 11.7. The summed E-state index contributed by atoms with van der Waals surface area (Å²) < 4.78 is 6.53. The van der Waals surface area contributed by atoms with Gasteiger partial charge in [0.1, 0.15) is 11.3 Å². The number of likely N-dealkylation sites (N-methyl/N-ethyl adjacent to an activating group) is 1. The molecule has 156 valence electrons. The normalized spacial score (nSPS) is 10.8. The smallest absolute Gasteiger partial charge is 0.260 e. The van der Waals surface area contributed by atoms with E-state index < -0.39 is 0 Å². The predicted molar refractivity (Wildman–Crippen MR) is 127 cm³/mol. The van der Waals surface area contributed by atoms with Crippen molar-refractivity contribution in [3.05, 3.63) is 47.5 Å². The van der Waals surface area contributed by atoms with Crippen molar-refractivity contribution in [3.8, 4) is 5.75 Å². The van der Waals surface area contributed by atoms with Gasteiger partial charge in [0.25, 0.3) is 5.91 Å². The van der Waals surface area contributed by atoms with Crippen molar-refractivity contribution >= 4 is 56.8 Å². The van der Waals surface area contributed by atoms with E-state index in [0.29, 0.717) is 17.2 Å². The summed E-state index contributed by atoms with van der Waals surface area (Å²) in [5, 5.41) is 0.698. The largest absolute Gasteiger partial charge is 0.494 e. The number of carbonyl (C=O) groups excluding carboxylic acids is 1. The van der Waals surface area contributed by atoms with Crippen molar-refractivity contribution in [1.82, 2.24) is 9.88 Å². The molecule has 0 aliphatic heterocycles. The number of hydrogen-bond donors (Lipinski definition) is 0. The number of ether oxygens (including phenoxy) is 1. The quantitative estimate of drug-likeness (QED) is 0.475. The van der Waals surface area contributed by atoms with Crippen LogP contribution >= 0.6 is 35.5 Å². The van der Waals surface area contributed by atoms with Crippen LogP contribution in [-0.2, 0) is 0 Å². The van der Waals surface area contributed by atoms with Crippen molar-refractivity contribution in [1.29, 1.82) is 0 Å². The second-order valence-electron chi connectivity index (χ2n) is 6.75. The molecule has 0 unspecified atom stereocenters. The van der Waals surface area contributed by atoms with Gasteiger partial charge in [-0.05, 0) is 57.1 Å². The molecule has 5 nitrogen and oxygen atoms in total. The first-order valence-corrected chi connectivity index (χ1v) is 11.0. The third kappa shape index (κ3) is 5.22. The predicted octanol–water partition coefficient (Wildman–Crippen LogP) is 4.97. The molecule has 1 aromatic heterocycles. The first-order chi connectivity index (χ1) is 13.4. The maximum absolute atomic E-state index is 13.4. The second kappa shape index (κ2) is 10.3. The molecular weight excluding hydrogens is 426 g/mol. The number of fused-ring (bicyclic) bond motifs is 1. The van der Waals surface area contributed by atoms with Crippen LogP contribution in [0.1, 0.15) is 15.9 Å². The Labute approximate surface area is 186 Å². The van der Waals surface area contributed by atoms with Crippen molar-refractivity contribution in [2.24, 2.45) is 0 Å². The molecule has 29 heavy (non-hydrogen) atoms. The van der Waals surface area contributed by atoms with Gasteiger partial charge in [0.05, 0.1) is 11.8 Å². The molecule has 2 aromatic carbocycles. The van der Waals surface area contributed by atoms with Gasteiger partial charge in [0.15, 0.2) is 5.13 Å². The first-order valence-electron chi connectivity index (χ1n) is 8.99. The number of nitrogens with zero attached hydrogens (tertiary/aromatic N) is 3. The minimum atomic E-state index is -0.0339. The van der Waals surface area contributed by atoms with Crippen LogP contribution in [0.4, 0.5) is 5.13 Å². The van der Waals surface area contributed by atoms with Gasteiger partial charge < -0.3 is 9.64 Å². The number of carbonyl (C=O) groups is 1. The van der Waals surface area contributed by atoms with E-state index in [9.17, 15) is 4.79 Å². The van der Waals surface area contributed by atoms with Gasteiger partial charge in [-0.15, -0.1) is 24.2 Å². The van der Waals surface area contributed by atoms with E-state index in [1.807, 2.05) is 56.7 Å². The number of halogens is 1. The van der Waals surface area contributed by atoms with Crippen LogP contribution in [0, 0.1) is 6.92 Å². The second-order valence-corrected chi connectivity index (χ2v) is 8.61. The average molecular weight is 452 g/mol. The van der Waals surface area contributed by atoms with E-state index >= 15 is 0 Å². The number of thiazole rings is 1. The van der Waals surface area contributed by atoms with Crippen LogP contribution < -0.4 is 9.64 Å². The van der Waals surface area contributed by atoms with Crippen molar-refractivity contribution in [2.75, 3.05) is 45.5 Å². The lowest BCUT2D eigenvalue weighted by atomic mass is 10.2. The third-order valence-electron chi connectivity index (χ3n) is 4.48. The van der Waals surface area contributed by atoms with E-state index in [0.717, 1.165) is 33.0 Å². The Morgan fingerprint density at radius 2 is 1.97 bits per heavy atom. The van der Waals surface area contributed by atoms with Crippen LogP contribution in [0.3, 0.4) is 0 Å². The summed E-state index contributed by atoms with van der Waals surface area (Å²) in [6.07, 6.45) is 2.01. The van der Waals surface area contributed by atoms with Gasteiger partial charge >= 0.3 is 0 Å². The van der Waals surface area contributed by atoms with Gasteiger partial charge in [-0.2, -0.15) is 0 Å². The van der Waals surface area contributed by atoms with Gasteiger partial charge in [0.2, 0.25) is 0 Å². The average Bonchev–Trinajstić information content (AvgIpc) is 3.14. The molecule has 0 bridgehead atoms. The molecule has 0 atom stereocenters. The van der Waals surface area contributed by atoms with Crippen LogP contribution in [0.5, 0.6) is 5.75 Å². The molecule has 0 N–H and O–H groups in total. The molecule has 0 aliphatic carbocycles. The summed E-state index contributed by atoms with van der Waals surface area (Å²) in [5.41, 5.74) is 2.61. The van der Waals surface area contributed by atoms with Crippen molar-refractivity contribution in [3.63, 3.8) is 0 Å². The van der Waals surface area contributed by atoms with E-state index in [1.54, 1.807) is 23.8 Å². The zero-order chi connectivity index (χ0) is 20.3. The molecule has 3 aromatic rings. The number of benzene rings is 2. The fourth-order valence-corrected chi connectivity index (χ4v) is 4.41. The van der Waals surface area contributed by atoms with Gasteiger partial charge in [-0.25, -0.2) is 4.98 Å². The minimum Gasteiger partial charge on any atom is -0.494 e. The topological polar surface area (TPSA) is 45.7 Å². The number of rotatable bonds is 7. The van der Waals surface area contributed by atoms with Crippen LogP contribution in [0.25, 0.3) is 10.2 Å². The van der Waals surface area contributed by atoms with Crippen LogP contribution in [-0.4, -0.2) is 56.3 Å². The lowest BCUT2D eigenvalue weighted by Crippen LogP contribution is -2.36. The zero-order valence-corrected chi connectivity index (χ0v) is 19.7. The van der Waals surface area contributed by atoms with E-state index in [1.165, 1.54) is 11.3 Å². The number of thioether (sulfide) groups is 1. The fourth-order valence-electron chi connectivity index (χ4n) is 2.87. The molecule has 0 saturated heterocycles. The monoisotopic (exact) mass is 451 g/mol. The molecular formula is C21H26ClN3O2S2. The lowest BCUT2D eigenvalue weighted by Gasteiger charge is -2.22. The molecule has 0 aliphatic rings. The molecule has 1 amide bonds. The Morgan fingerprint density at radius 3 is 2.62 bits per heavy atom. The van der Waals surface area contributed by atoms with Gasteiger partial charge in [0, 0.05) is 23.5 Å². The van der Waals surface area contributed by atoms with Crippen LogP contribution in [0.2, 0.25) is 0 Å². The number of aromatic nitrogens is 1. The Morgan fingerprint density at radius 1 is 1.21 bits per heavy atom. The highest BCUT2D eigenvalue weighted by molar-refractivity contribution is 7.98. The summed E-state index contributed by atoms with van der Waals surface area (Å²) >= 11 is 3.16. The maximum Gasteiger partial charge on any atom is 0.260 e. The fraction of sp³-hybridized carbons (Fsp3) is 0.333. The molecule has 3 rings (SSSR count). The highest BCUT2D eigenvalue weighted by Gasteiger charge is 2.23. The third-order valence-corrected chi connectivity index (χ3v) is 6.41. The Hall–Kier alpha value is -1.80. The lowest BCUT2D eigenvalue weighted by molar-refractivity contribution is 0.0985. The Bertz CT molecular complexity index is 991. The number of anilines is 1. The molecule has 0 radical (unpaired) electrons. The number of methoxy groups -OCH3 is 1. The standard InChI is InChI=1S/C21H25N3O2S2.ClH/c1-14-9-10-17(26-4)18-19(14)28-21(22-18)24(12-11-23(2)3)20(25)15-7-6-8-16(13-15)27-5;/h6-10,13H,11-12H2,1-5H3;1H. The minimum absolute atomic E-state index is 0. The molecule has 0 spiro atoms. The zero-order valence-electron chi connectivity index (χ0n) is 17.3. The molecule has 0 fully saturated rings. The summed E-state index contributed by atoms with van der Waals surface area (Å²) in [5.74, 6) is 0.695. The van der Waals surface area contributed by atoms with E-state index in [4.69, 9.17) is 9.72 Å². The first kappa shape index (κ1) is 23.5. The highest BCUT2D eigenvalue weighted by Crippen LogP contribution is 2.36. The summed E-state index contributed by atoms with van der Waals surface area (Å²) in [6.45, 7) is 3.37. The van der Waals surface area contributed by atoms with Crippen molar-refractivity contribution < 1.29 is 9.53 Å². The molecule has 8 heteroatoms. The van der Waals surface area contributed by atoms with Gasteiger partial charge in [-0.3, -0.25) is 9.69 Å². The number of aryl methyl sites for hydroxylation is 1. The van der Waals surface area contributed by atoms with Gasteiger partial charge in [-0.1, -0.05) is 23.5 Å². The molecule has 1 heterocycles. The Balaban J connectivity index is 0.00000300. The van der Waals surface area contributed by atoms with E-state index in [-0.39, 0.29) is 18.3 Å². The van der Waals surface area contributed by atoms with E-state index in [2.05, 4.69) is 11.8 Å². The highest BCUT2D eigenvalue weighted by atomic mass is 35.5. The maximum atomic E-state index is 13.4. The summed E-state index contributed by atoms with van der Waals surface area (Å²) in [7, 11) is 5.65. The molecule has 0 saturated carbocycles. The number of amides is 1. The summed E-state index contributed by atoms with van der Waals surface area (Å²) in [4.78, 5) is 23.1. The number of hydrogen-bond acceptors (Lipinski definition) is 6. The Kier molecular flexibility index (Phi) is 8.34. The van der Waals surface area contributed by atoms with Crippen molar-refractivity contribution in [2.45, 2.75) is 11.8 Å². The van der Waals surface area contributed by atoms with Crippen LogP contribution in [0.15, 0.2) is 41.3 Å².